The minimum Gasteiger partial charge on any atom is -0.398 e. The Bertz CT molecular complexity index is 402. The third-order valence-corrected chi connectivity index (χ3v) is 2.27. The molecule has 0 aliphatic rings. The lowest BCUT2D eigenvalue weighted by Crippen LogP contribution is -2.20. The van der Waals surface area contributed by atoms with Crippen LogP contribution in [0.4, 0.5) is 5.69 Å². The van der Waals surface area contributed by atoms with Gasteiger partial charge in [-0.15, -0.1) is 0 Å². The summed E-state index contributed by atoms with van der Waals surface area (Å²) in [7, 11) is 0. The van der Waals surface area contributed by atoms with Crippen molar-refractivity contribution >= 4 is 29.3 Å². The van der Waals surface area contributed by atoms with Gasteiger partial charge in [-0.25, -0.2) is 0 Å². The topological polar surface area (TPSA) is 55.1 Å². The molecule has 0 saturated heterocycles. The van der Waals surface area contributed by atoms with Crippen molar-refractivity contribution in [1.29, 1.82) is 0 Å². The summed E-state index contributed by atoms with van der Waals surface area (Å²) in [6, 6.07) is 5.38. The van der Waals surface area contributed by atoms with Crippen LogP contribution >= 0.6 is 11.6 Å². The third-order valence-electron chi connectivity index (χ3n) is 2.03. The Kier molecular flexibility index (Phi) is 4.86. The van der Waals surface area contributed by atoms with Gasteiger partial charge in [0.15, 0.2) is 0 Å². The predicted molar refractivity (Wildman–Crippen MR) is 68.2 cm³/mol. The highest BCUT2D eigenvalue weighted by Crippen LogP contribution is 2.19. The van der Waals surface area contributed by atoms with E-state index < -0.39 is 0 Å². The molecular formula is C12H15ClN2O. The summed E-state index contributed by atoms with van der Waals surface area (Å²) in [6.07, 6.45) is 4.67. The number of halogens is 1. The van der Waals surface area contributed by atoms with Crippen LogP contribution in [0.3, 0.4) is 0 Å². The third kappa shape index (κ3) is 4.36. The zero-order chi connectivity index (χ0) is 12.0. The van der Waals surface area contributed by atoms with E-state index in [4.69, 9.17) is 17.3 Å². The van der Waals surface area contributed by atoms with Crippen LogP contribution in [0.25, 0.3) is 6.08 Å². The molecule has 4 heteroatoms. The van der Waals surface area contributed by atoms with Crippen LogP contribution in [0.1, 0.15) is 18.9 Å². The number of carbonyl (C=O) groups is 1. The molecule has 3 nitrogen and oxygen atoms in total. The second-order valence-corrected chi connectivity index (χ2v) is 3.88. The fourth-order valence-corrected chi connectivity index (χ4v) is 1.42. The van der Waals surface area contributed by atoms with Crippen molar-refractivity contribution in [3.63, 3.8) is 0 Å². The molecule has 1 amide bonds. The van der Waals surface area contributed by atoms with Gasteiger partial charge in [0.25, 0.3) is 0 Å². The Morgan fingerprint density at radius 3 is 2.94 bits per heavy atom. The molecule has 3 N–H and O–H groups in total. The van der Waals surface area contributed by atoms with Crippen molar-refractivity contribution < 1.29 is 4.79 Å². The first-order chi connectivity index (χ1) is 7.59. The highest BCUT2D eigenvalue weighted by Gasteiger charge is 1.95. The summed E-state index contributed by atoms with van der Waals surface area (Å²) >= 11 is 5.78. The molecule has 0 aromatic heterocycles. The van der Waals surface area contributed by atoms with E-state index in [2.05, 4.69) is 5.32 Å². The van der Waals surface area contributed by atoms with E-state index in [1.807, 2.05) is 18.2 Å². The van der Waals surface area contributed by atoms with E-state index in [0.717, 1.165) is 12.0 Å². The molecule has 0 fully saturated rings. The number of nitrogen functional groups attached to an aromatic ring is 1. The van der Waals surface area contributed by atoms with Crippen molar-refractivity contribution in [3.05, 3.63) is 34.9 Å². The fraction of sp³-hybridized carbons (Fsp3) is 0.250. The Labute approximate surface area is 100 Å². The van der Waals surface area contributed by atoms with Crippen LogP contribution in [-0.2, 0) is 4.79 Å². The molecular weight excluding hydrogens is 224 g/mol. The van der Waals surface area contributed by atoms with Gasteiger partial charge in [0, 0.05) is 24.2 Å². The van der Waals surface area contributed by atoms with E-state index >= 15 is 0 Å². The highest BCUT2D eigenvalue weighted by molar-refractivity contribution is 6.30. The van der Waals surface area contributed by atoms with Crippen molar-refractivity contribution in [2.75, 3.05) is 12.3 Å². The first kappa shape index (κ1) is 12.6. The highest BCUT2D eigenvalue weighted by atomic mass is 35.5. The number of carbonyl (C=O) groups excluding carboxylic acids is 1. The van der Waals surface area contributed by atoms with E-state index in [0.29, 0.717) is 17.3 Å². The van der Waals surface area contributed by atoms with Gasteiger partial charge in [-0.3, -0.25) is 4.79 Å². The average Bonchev–Trinajstić information content (AvgIpc) is 2.20. The van der Waals surface area contributed by atoms with Crippen molar-refractivity contribution in [3.8, 4) is 0 Å². The number of anilines is 1. The fourth-order valence-electron chi connectivity index (χ4n) is 1.24. The Balaban J connectivity index is 2.47. The first-order valence-electron chi connectivity index (χ1n) is 5.05. The van der Waals surface area contributed by atoms with Gasteiger partial charge in [-0.2, -0.15) is 0 Å². The van der Waals surface area contributed by atoms with Crippen molar-refractivity contribution in [2.45, 2.75) is 13.3 Å². The molecule has 1 rings (SSSR count). The number of nitrogens with two attached hydrogens (primary N) is 1. The Morgan fingerprint density at radius 1 is 1.56 bits per heavy atom. The number of rotatable bonds is 4. The molecule has 16 heavy (non-hydrogen) atoms. The Morgan fingerprint density at radius 2 is 2.31 bits per heavy atom. The van der Waals surface area contributed by atoms with Gasteiger partial charge in [0.2, 0.25) is 5.91 Å². The monoisotopic (exact) mass is 238 g/mol. The molecule has 1 aromatic carbocycles. The van der Waals surface area contributed by atoms with Crippen LogP contribution in [-0.4, -0.2) is 12.5 Å². The maximum absolute atomic E-state index is 10.6. The maximum atomic E-state index is 10.6. The lowest BCUT2D eigenvalue weighted by molar-refractivity contribution is -0.118. The number of nitrogens with one attached hydrogen (secondary N) is 1. The quantitative estimate of drug-likeness (QED) is 0.625. The molecule has 1 aromatic rings. The molecule has 0 aliphatic carbocycles. The summed E-state index contributed by atoms with van der Waals surface area (Å²) < 4.78 is 0. The van der Waals surface area contributed by atoms with E-state index in [1.54, 1.807) is 12.1 Å². The number of benzene rings is 1. The zero-order valence-electron chi connectivity index (χ0n) is 9.16. The van der Waals surface area contributed by atoms with E-state index in [-0.39, 0.29) is 5.91 Å². The van der Waals surface area contributed by atoms with Crippen LogP contribution in [0.15, 0.2) is 24.3 Å². The van der Waals surface area contributed by atoms with Crippen LogP contribution in [0.5, 0.6) is 0 Å². The van der Waals surface area contributed by atoms with E-state index in [9.17, 15) is 4.79 Å². The number of hydrogen-bond donors (Lipinski definition) is 2. The lowest BCUT2D eigenvalue weighted by atomic mass is 10.1. The second-order valence-electron chi connectivity index (χ2n) is 3.45. The second kappa shape index (κ2) is 6.18. The SMILES string of the molecule is CC(=O)NCCC=Cc1ccc(Cl)cc1N. The lowest BCUT2D eigenvalue weighted by Gasteiger charge is -2.01. The molecule has 0 spiro atoms. The average molecular weight is 239 g/mol. The van der Waals surface area contributed by atoms with Crippen LogP contribution < -0.4 is 11.1 Å². The van der Waals surface area contributed by atoms with Gasteiger partial charge < -0.3 is 11.1 Å². The summed E-state index contributed by atoms with van der Waals surface area (Å²) in [5.41, 5.74) is 7.37. The number of amides is 1. The van der Waals surface area contributed by atoms with Gasteiger partial charge >= 0.3 is 0 Å². The largest absolute Gasteiger partial charge is 0.398 e. The summed E-state index contributed by atoms with van der Waals surface area (Å²) in [4.78, 5) is 10.6. The summed E-state index contributed by atoms with van der Waals surface area (Å²) in [6.45, 7) is 2.14. The summed E-state index contributed by atoms with van der Waals surface area (Å²) in [5, 5.41) is 3.35. The van der Waals surface area contributed by atoms with Gasteiger partial charge in [-0.05, 0) is 24.1 Å². The zero-order valence-corrected chi connectivity index (χ0v) is 9.92. The van der Waals surface area contributed by atoms with Crippen molar-refractivity contribution in [2.24, 2.45) is 0 Å². The van der Waals surface area contributed by atoms with Gasteiger partial charge in [0.05, 0.1) is 0 Å². The normalized spacial score (nSPS) is 10.6. The molecule has 0 heterocycles. The van der Waals surface area contributed by atoms with Gasteiger partial charge in [0.1, 0.15) is 0 Å². The standard InChI is InChI=1S/C12H15ClN2O/c1-9(16)15-7-3-2-4-10-5-6-11(13)8-12(10)14/h2,4-6,8H,3,7,14H2,1H3,(H,15,16). The Hall–Kier alpha value is -1.48. The molecule has 0 radical (unpaired) electrons. The predicted octanol–water partition coefficient (Wildman–Crippen LogP) is 2.46. The molecule has 86 valence electrons. The maximum Gasteiger partial charge on any atom is 0.216 e. The first-order valence-corrected chi connectivity index (χ1v) is 5.43. The van der Waals surface area contributed by atoms with Crippen LogP contribution in [0.2, 0.25) is 5.02 Å². The summed E-state index contributed by atoms with van der Waals surface area (Å²) in [5.74, 6) is -0.0144. The molecule has 0 unspecified atom stereocenters. The molecule has 0 saturated carbocycles. The molecule has 0 aliphatic heterocycles. The number of hydrogen-bond acceptors (Lipinski definition) is 2. The minimum absolute atomic E-state index is 0.0144. The van der Waals surface area contributed by atoms with Crippen LogP contribution in [0, 0.1) is 0 Å². The molecule has 0 atom stereocenters. The minimum atomic E-state index is -0.0144. The van der Waals surface area contributed by atoms with Crippen molar-refractivity contribution in [1.82, 2.24) is 5.32 Å². The van der Waals surface area contributed by atoms with E-state index in [1.165, 1.54) is 6.92 Å². The molecule has 0 bridgehead atoms. The smallest absolute Gasteiger partial charge is 0.216 e. The van der Waals surface area contributed by atoms with Gasteiger partial charge in [-0.1, -0.05) is 29.8 Å².